The normalized spacial score (nSPS) is 21.6. The molecule has 4 rings (SSSR count). The smallest absolute Gasteiger partial charge is 0.497 e. The number of carbonyl (C=O) groups excluding carboxylic acids is 4. The molecule has 11 nitrogen and oxygen atoms in total. The topological polar surface area (TPSA) is 147 Å². The summed E-state index contributed by atoms with van der Waals surface area (Å²) in [5.74, 6) is -3.30. The molecule has 3 N–H and O–H groups in total. The summed E-state index contributed by atoms with van der Waals surface area (Å²) in [5, 5.41) is 15.8. The maximum absolute atomic E-state index is 13.4. The summed E-state index contributed by atoms with van der Waals surface area (Å²) in [5.41, 5.74) is 1.47. The standard InChI is InChI=1S/C29H37BN4O7/c1-17(2)16-24(30-40-28(38)22-14-9-15-23(34(22)4)29(39)41-30)32-27(37)25(18(3)35)33-26(36)21-13-8-12-20(31-21)19-10-6-5-7-11-19/h5-8,10-13,17-18,22-25,35H,9,14-16H2,1-4H3,(H,32,37)(H,33,36)/t18-,22-,23-,24+,25+/m1/s1. The van der Waals surface area contributed by atoms with E-state index in [1.807, 2.05) is 44.2 Å². The molecule has 5 atom stereocenters. The highest BCUT2D eigenvalue weighted by atomic mass is 16.6. The van der Waals surface area contributed by atoms with Crippen molar-refractivity contribution in [1.29, 1.82) is 0 Å². The van der Waals surface area contributed by atoms with Crippen LogP contribution < -0.4 is 10.6 Å². The van der Waals surface area contributed by atoms with Crippen molar-refractivity contribution in [3.8, 4) is 11.3 Å². The Balaban J connectivity index is 1.51. The molecule has 3 heterocycles. The summed E-state index contributed by atoms with van der Waals surface area (Å²) >= 11 is 0. The summed E-state index contributed by atoms with van der Waals surface area (Å²) in [4.78, 5) is 58.6. The lowest BCUT2D eigenvalue weighted by atomic mass is 9.72. The molecule has 0 spiro atoms. The molecule has 1 aromatic heterocycles. The molecule has 2 aromatic rings. The first-order valence-electron chi connectivity index (χ1n) is 14.0. The molecule has 12 heteroatoms. The van der Waals surface area contributed by atoms with Crippen molar-refractivity contribution in [3.63, 3.8) is 0 Å². The van der Waals surface area contributed by atoms with Crippen molar-refractivity contribution < 1.29 is 33.6 Å². The number of likely N-dealkylation sites (N-methyl/N-ethyl adjacent to an activating group) is 1. The van der Waals surface area contributed by atoms with Gasteiger partial charge in [0.25, 0.3) is 5.91 Å². The average Bonchev–Trinajstić information content (AvgIpc) is 2.94. The van der Waals surface area contributed by atoms with Crippen LogP contribution in [0.25, 0.3) is 11.3 Å². The lowest BCUT2D eigenvalue weighted by molar-refractivity contribution is -0.157. The zero-order valence-electron chi connectivity index (χ0n) is 23.8. The Bertz CT molecular complexity index is 1230. The maximum Gasteiger partial charge on any atom is 0.622 e. The Labute approximate surface area is 240 Å². The fraction of sp³-hybridized carbons (Fsp3) is 0.483. The van der Waals surface area contributed by atoms with Crippen LogP contribution >= 0.6 is 0 Å². The number of aliphatic hydroxyl groups is 1. The number of nitrogens with zero attached hydrogens (tertiary/aromatic N) is 2. The number of pyridine rings is 1. The van der Waals surface area contributed by atoms with Gasteiger partial charge in [-0.2, -0.15) is 0 Å². The van der Waals surface area contributed by atoms with E-state index in [0.717, 1.165) is 5.56 Å². The number of fused-ring (bicyclic) bond motifs is 2. The predicted octanol–water partition coefficient (Wildman–Crippen LogP) is 1.74. The van der Waals surface area contributed by atoms with Crippen molar-refractivity contribution in [3.05, 3.63) is 54.2 Å². The minimum absolute atomic E-state index is 0.0230. The van der Waals surface area contributed by atoms with Crippen molar-refractivity contribution in [2.75, 3.05) is 7.05 Å². The second kappa shape index (κ2) is 13.3. The zero-order chi connectivity index (χ0) is 29.7. The van der Waals surface area contributed by atoms with Crippen LogP contribution in [0.4, 0.5) is 0 Å². The van der Waals surface area contributed by atoms with Gasteiger partial charge in [0.05, 0.1) is 17.7 Å². The molecule has 218 valence electrons. The van der Waals surface area contributed by atoms with E-state index in [2.05, 4.69) is 15.6 Å². The van der Waals surface area contributed by atoms with Gasteiger partial charge in [-0.25, -0.2) is 4.98 Å². The molecule has 0 aliphatic carbocycles. The molecule has 41 heavy (non-hydrogen) atoms. The number of rotatable bonds is 9. The highest BCUT2D eigenvalue weighted by Gasteiger charge is 2.48. The quantitative estimate of drug-likeness (QED) is 0.388. The van der Waals surface area contributed by atoms with Gasteiger partial charge in [-0.1, -0.05) is 50.2 Å². The van der Waals surface area contributed by atoms with E-state index in [0.29, 0.717) is 31.4 Å². The second-order valence-corrected chi connectivity index (χ2v) is 11.1. The first kappa shape index (κ1) is 30.2. The molecule has 2 aliphatic rings. The van der Waals surface area contributed by atoms with Crippen LogP contribution in [0.1, 0.15) is 56.9 Å². The van der Waals surface area contributed by atoms with E-state index in [-0.39, 0.29) is 11.6 Å². The van der Waals surface area contributed by atoms with Crippen molar-refractivity contribution in [1.82, 2.24) is 20.5 Å². The molecule has 2 fully saturated rings. The van der Waals surface area contributed by atoms with Crippen LogP contribution in [0.3, 0.4) is 0 Å². The highest BCUT2D eigenvalue weighted by Crippen LogP contribution is 2.27. The van der Waals surface area contributed by atoms with Gasteiger partial charge in [0.2, 0.25) is 5.91 Å². The minimum atomic E-state index is -1.36. The number of benzene rings is 1. The minimum Gasteiger partial charge on any atom is -0.497 e. The van der Waals surface area contributed by atoms with Crippen molar-refractivity contribution >= 4 is 30.9 Å². The highest BCUT2D eigenvalue weighted by molar-refractivity contribution is 6.51. The molecule has 0 unspecified atom stereocenters. The molecule has 2 aliphatic heterocycles. The van der Waals surface area contributed by atoms with Gasteiger partial charge in [0.15, 0.2) is 0 Å². The summed E-state index contributed by atoms with van der Waals surface area (Å²) in [7, 11) is 0.345. The SMILES string of the molecule is CC(C)C[C@H](NC(=O)[C@@H](NC(=O)c1cccc(-c2ccccc2)n1)[C@@H](C)O)B1OC(=O)[C@H]2CCC[C@H](C(=O)O1)N2C. The van der Waals surface area contributed by atoms with Crippen molar-refractivity contribution in [2.45, 2.75) is 76.6 Å². The molecule has 1 aromatic carbocycles. The van der Waals surface area contributed by atoms with E-state index >= 15 is 0 Å². The fourth-order valence-electron chi connectivity index (χ4n) is 5.24. The monoisotopic (exact) mass is 564 g/mol. The molecule has 0 saturated carbocycles. The van der Waals surface area contributed by atoms with Crippen LogP contribution in [-0.2, 0) is 23.7 Å². The Morgan fingerprint density at radius 3 is 2.22 bits per heavy atom. The first-order valence-corrected chi connectivity index (χ1v) is 14.0. The lowest BCUT2D eigenvalue weighted by Gasteiger charge is -2.40. The van der Waals surface area contributed by atoms with Crippen LogP contribution in [0.2, 0.25) is 0 Å². The summed E-state index contributed by atoms with van der Waals surface area (Å²) in [6, 6.07) is 11.8. The van der Waals surface area contributed by atoms with Crippen LogP contribution in [0.15, 0.2) is 48.5 Å². The van der Waals surface area contributed by atoms with Crippen LogP contribution in [0.5, 0.6) is 0 Å². The van der Waals surface area contributed by atoms with Gasteiger partial charge in [0, 0.05) is 5.56 Å². The predicted molar refractivity (Wildman–Crippen MR) is 151 cm³/mol. The van der Waals surface area contributed by atoms with Gasteiger partial charge in [-0.05, 0) is 57.7 Å². The lowest BCUT2D eigenvalue weighted by Crippen LogP contribution is -2.62. The van der Waals surface area contributed by atoms with E-state index < -0.39 is 61.0 Å². The molecule has 2 amide bonds. The number of amides is 2. The second-order valence-electron chi connectivity index (χ2n) is 11.1. The fourth-order valence-corrected chi connectivity index (χ4v) is 5.24. The summed E-state index contributed by atoms with van der Waals surface area (Å²) in [6.07, 6.45) is 0.847. The van der Waals surface area contributed by atoms with Crippen LogP contribution in [-0.4, -0.2) is 83.1 Å². The Morgan fingerprint density at radius 1 is 1.00 bits per heavy atom. The van der Waals surface area contributed by atoms with E-state index in [9.17, 15) is 24.3 Å². The number of piperidine rings is 1. The number of hydrogen-bond donors (Lipinski definition) is 3. The maximum atomic E-state index is 13.4. The van der Waals surface area contributed by atoms with Crippen molar-refractivity contribution in [2.24, 2.45) is 5.92 Å². The molecular formula is C29H37BN4O7. The molecule has 2 saturated heterocycles. The number of aliphatic hydroxyl groups excluding tert-OH is 1. The third kappa shape index (κ3) is 7.31. The Kier molecular flexibility index (Phi) is 9.77. The Hall–Kier alpha value is -3.77. The average molecular weight is 564 g/mol. The third-order valence-electron chi connectivity index (χ3n) is 7.43. The van der Waals surface area contributed by atoms with Gasteiger partial charge < -0.3 is 25.0 Å². The van der Waals surface area contributed by atoms with Crippen LogP contribution in [0, 0.1) is 5.92 Å². The third-order valence-corrected chi connectivity index (χ3v) is 7.43. The number of nitrogens with one attached hydrogen (secondary N) is 2. The van der Waals surface area contributed by atoms with Gasteiger partial charge in [-0.15, -0.1) is 0 Å². The van der Waals surface area contributed by atoms with Gasteiger partial charge >= 0.3 is 19.1 Å². The Morgan fingerprint density at radius 2 is 1.63 bits per heavy atom. The van der Waals surface area contributed by atoms with E-state index in [4.69, 9.17) is 9.31 Å². The largest absolute Gasteiger partial charge is 0.622 e. The zero-order valence-corrected chi connectivity index (χ0v) is 23.8. The van der Waals surface area contributed by atoms with E-state index in [1.165, 1.54) is 13.0 Å². The van der Waals surface area contributed by atoms with Gasteiger partial charge in [-0.3, -0.25) is 24.1 Å². The molecular weight excluding hydrogens is 527 g/mol. The van der Waals surface area contributed by atoms with Gasteiger partial charge in [0.1, 0.15) is 23.8 Å². The molecule has 2 bridgehead atoms. The number of carbonyl (C=O) groups is 4. The summed E-state index contributed by atoms with van der Waals surface area (Å²) < 4.78 is 11.3. The van der Waals surface area contributed by atoms with E-state index in [1.54, 1.807) is 24.1 Å². The number of hydrogen-bond acceptors (Lipinski definition) is 9. The first-order chi connectivity index (χ1) is 19.5. The molecule has 0 radical (unpaired) electrons. The number of aromatic nitrogens is 1. The summed E-state index contributed by atoms with van der Waals surface area (Å²) in [6.45, 7) is 5.20.